The van der Waals surface area contributed by atoms with Crippen LogP contribution in [-0.4, -0.2) is 12.2 Å². The van der Waals surface area contributed by atoms with Gasteiger partial charge >= 0.3 is 0 Å². The van der Waals surface area contributed by atoms with Gasteiger partial charge < -0.3 is 4.74 Å². The molecule has 0 aliphatic carbocycles. The third kappa shape index (κ3) is 7.86. The highest BCUT2D eigenvalue weighted by atomic mass is 16.5. The monoisotopic (exact) mass is 158 g/mol. The smallest absolute Gasteiger partial charge is 0.0555 e. The van der Waals surface area contributed by atoms with Gasteiger partial charge in [0.15, 0.2) is 0 Å². The Balaban J connectivity index is 3.61. The summed E-state index contributed by atoms with van der Waals surface area (Å²) >= 11 is 0. The van der Waals surface area contributed by atoms with Crippen molar-refractivity contribution in [2.75, 3.05) is 0 Å². The van der Waals surface area contributed by atoms with Crippen molar-refractivity contribution < 1.29 is 4.74 Å². The van der Waals surface area contributed by atoms with Crippen molar-refractivity contribution in [3.63, 3.8) is 0 Å². The van der Waals surface area contributed by atoms with Gasteiger partial charge in [-0.3, -0.25) is 0 Å². The average molecular weight is 158 g/mol. The van der Waals surface area contributed by atoms with Crippen LogP contribution in [-0.2, 0) is 4.74 Å². The molecule has 1 atom stereocenters. The van der Waals surface area contributed by atoms with Crippen LogP contribution in [0.2, 0.25) is 0 Å². The van der Waals surface area contributed by atoms with Crippen LogP contribution in [0.1, 0.15) is 48.0 Å². The van der Waals surface area contributed by atoms with Gasteiger partial charge in [0.05, 0.1) is 12.2 Å². The van der Waals surface area contributed by atoms with E-state index in [1.165, 1.54) is 0 Å². The van der Waals surface area contributed by atoms with Crippen molar-refractivity contribution >= 4 is 0 Å². The first-order chi connectivity index (χ1) is 4.81. The molecule has 0 aliphatic rings. The second kappa shape index (κ2) is 4.10. The van der Waals surface area contributed by atoms with E-state index in [4.69, 9.17) is 4.74 Å². The predicted molar refractivity (Wildman–Crippen MR) is 49.8 cm³/mol. The Hall–Kier alpha value is -0.0400. The van der Waals surface area contributed by atoms with Crippen LogP contribution >= 0.6 is 0 Å². The van der Waals surface area contributed by atoms with Gasteiger partial charge in [-0.2, -0.15) is 0 Å². The summed E-state index contributed by atoms with van der Waals surface area (Å²) in [5.74, 6) is 0. The van der Waals surface area contributed by atoms with Crippen molar-refractivity contribution in [1.29, 1.82) is 0 Å². The van der Waals surface area contributed by atoms with E-state index >= 15 is 0 Å². The molecule has 11 heavy (non-hydrogen) atoms. The Kier molecular flexibility index (Phi) is 4.09. The van der Waals surface area contributed by atoms with Gasteiger partial charge in [0, 0.05) is 0 Å². The minimum atomic E-state index is 0.354. The number of ether oxygens (including phenoxy) is 1. The zero-order valence-electron chi connectivity index (χ0n) is 8.77. The number of hydrogen-bond acceptors (Lipinski definition) is 1. The molecule has 68 valence electrons. The molecule has 0 amide bonds. The fourth-order valence-electron chi connectivity index (χ4n) is 1.38. The highest BCUT2D eigenvalue weighted by Gasteiger charge is 2.15. The minimum Gasteiger partial charge on any atom is -0.376 e. The first kappa shape index (κ1) is 11.0. The van der Waals surface area contributed by atoms with E-state index in [9.17, 15) is 0 Å². The molecule has 0 aliphatic heterocycles. The maximum Gasteiger partial charge on any atom is 0.0555 e. The van der Waals surface area contributed by atoms with E-state index in [2.05, 4.69) is 41.5 Å². The summed E-state index contributed by atoms with van der Waals surface area (Å²) in [6, 6.07) is 0. The summed E-state index contributed by atoms with van der Waals surface area (Å²) < 4.78 is 5.63. The Morgan fingerprint density at radius 2 is 1.55 bits per heavy atom. The molecule has 0 aromatic carbocycles. The molecule has 0 fully saturated rings. The normalized spacial score (nSPS) is 15.5. The highest BCUT2D eigenvalue weighted by Crippen LogP contribution is 2.22. The van der Waals surface area contributed by atoms with E-state index in [0.717, 1.165) is 6.42 Å². The summed E-state index contributed by atoms with van der Waals surface area (Å²) in [5.41, 5.74) is 0.383. The summed E-state index contributed by atoms with van der Waals surface area (Å²) in [6.45, 7) is 13.0. The Bertz CT molecular complexity index is 99.9. The average Bonchev–Trinajstić information content (AvgIpc) is 1.53. The van der Waals surface area contributed by atoms with Crippen LogP contribution in [0.4, 0.5) is 0 Å². The lowest BCUT2D eigenvalue weighted by atomic mass is 9.90. The molecule has 0 spiro atoms. The third-order valence-electron chi connectivity index (χ3n) is 1.40. The van der Waals surface area contributed by atoms with Crippen LogP contribution in [0.5, 0.6) is 0 Å². The van der Waals surface area contributed by atoms with E-state index < -0.39 is 0 Å². The predicted octanol–water partition coefficient (Wildman–Crippen LogP) is 3.24. The van der Waals surface area contributed by atoms with Gasteiger partial charge in [-0.25, -0.2) is 0 Å². The lowest BCUT2D eigenvalue weighted by Crippen LogP contribution is -2.20. The zero-order valence-corrected chi connectivity index (χ0v) is 8.77. The second-order valence-corrected chi connectivity index (χ2v) is 4.76. The van der Waals surface area contributed by atoms with Crippen LogP contribution in [0.15, 0.2) is 0 Å². The van der Waals surface area contributed by atoms with Gasteiger partial charge in [-0.15, -0.1) is 0 Å². The van der Waals surface area contributed by atoms with Gasteiger partial charge in [0.25, 0.3) is 0 Å². The van der Waals surface area contributed by atoms with Gasteiger partial charge in [0.1, 0.15) is 0 Å². The van der Waals surface area contributed by atoms with Gasteiger partial charge in [-0.1, -0.05) is 20.8 Å². The van der Waals surface area contributed by atoms with E-state index in [1.807, 2.05) is 0 Å². The summed E-state index contributed by atoms with van der Waals surface area (Å²) in [4.78, 5) is 0. The van der Waals surface area contributed by atoms with Crippen LogP contribution in [0.25, 0.3) is 0 Å². The summed E-state index contributed by atoms with van der Waals surface area (Å²) in [6.07, 6.45) is 1.87. The van der Waals surface area contributed by atoms with Crippen molar-refractivity contribution in [1.82, 2.24) is 0 Å². The molecule has 0 N–H and O–H groups in total. The molecular formula is C10H22O. The largest absolute Gasteiger partial charge is 0.376 e. The molecule has 0 rings (SSSR count). The molecule has 0 heterocycles. The number of rotatable bonds is 3. The van der Waals surface area contributed by atoms with Crippen molar-refractivity contribution in [3.05, 3.63) is 0 Å². The molecule has 1 heteroatoms. The third-order valence-corrected chi connectivity index (χ3v) is 1.40. The van der Waals surface area contributed by atoms with E-state index in [1.54, 1.807) is 0 Å². The molecule has 0 saturated carbocycles. The Labute approximate surface area is 71.1 Å². The van der Waals surface area contributed by atoms with Crippen LogP contribution in [0, 0.1) is 5.41 Å². The Morgan fingerprint density at radius 3 is 1.82 bits per heavy atom. The standard InChI is InChI=1S/C10H22O/c1-8(2)11-9(3)7-10(4,5)6/h8-9H,7H2,1-6H3/t9-/m1/s1. The van der Waals surface area contributed by atoms with Crippen LogP contribution < -0.4 is 0 Å². The lowest BCUT2D eigenvalue weighted by Gasteiger charge is -2.24. The molecule has 0 aromatic heterocycles. The van der Waals surface area contributed by atoms with Crippen LogP contribution in [0.3, 0.4) is 0 Å². The summed E-state index contributed by atoms with van der Waals surface area (Å²) in [7, 11) is 0. The van der Waals surface area contributed by atoms with Crippen molar-refractivity contribution in [2.24, 2.45) is 5.41 Å². The zero-order chi connectivity index (χ0) is 9.07. The molecule has 1 nitrogen and oxygen atoms in total. The topological polar surface area (TPSA) is 9.23 Å². The highest BCUT2D eigenvalue weighted by molar-refractivity contribution is 4.66. The fraction of sp³-hybridized carbons (Fsp3) is 1.00. The molecule has 0 radical (unpaired) electrons. The maximum absolute atomic E-state index is 5.63. The van der Waals surface area contributed by atoms with Crippen molar-refractivity contribution in [3.8, 4) is 0 Å². The second-order valence-electron chi connectivity index (χ2n) is 4.76. The lowest BCUT2D eigenvalue weighted by molar-refractivity contribution is -0.00231. The minimum absolute atomic E-state index is 0.354. The van der Waals surface area contributed by atoms with Gasteiger partial charge in [0.2, 0.25) is 0 Å². The molecule has 0 aromatic rings. The van der Waals surface area contributed by atoms with E-state index in [-0.39, 0.29) is 0 Å². The van der Waals surface area contributed by atoms with Crippen molar-refractivity contribution in [2.45, 2.75) is 60.2 Å². The first-order valence-corrected chi connectivity index (χ1v) is 4.47. The summed E-state index contributed by atoms with van der Waals surface area (Å²) in [5, 5.41) is 0. The molecular weight excluding hydrogens is 136 g/mol. The Morgan fingerprint density at radius 1 is 1.09 bits per heavy atom. The fourth-order valence-corrected chi connectivity index (χ4v) is 1.38. The van der Waals surface area contributed by atoms with Gasteiger partial charge in [-0.05, 0) is 32.6 Å². The quantitative estimate of drug-likeness (QED) is 0.612. The first-order valence-electron chi connectivity index (χ1n) is 4.47. The number of hydrogen-bond donors (Lipinski definition) is 0. The molecule has 0 unspecified atom stereocenters. The van der Waals surface area contributed by atoms with E-state index in [0.29, 0.717) is 17.6 Å². The maximum atomic E-state index is 5.63. The molecule has 0 saturated heterocycles. The SMILES string of the molecule is CC(C)O[C@H](C)CC(C)(C)C. The molecule has 0 bridgehead atoms.